The van der Waals surface area contributed by atoms with Crippen LogP contribution < -0.4 is 10.5 Å². The van der Waals surface area contributed by atoms with Crippen LogP contribution in [0, 0.1) is 5.82 Å². The molecule has 0 amide bonds. The fourth-order valence-corrected chi connectivity index (χ4v) is 2.35. The lowest BCUT2D eigenvalue weighted by molar-refractivity contribution is 0.468. The van der Waals surface area contributed by atoms with Gasteiger partial charge in [0.2, 0.25) is 0 Å². The van der Waals surface area contributed by atoms with E-state index in [0.717, 1.165) is 10.4 Å². The number of nitrogens with two attached hydrogens (primary N) is 1. The van der Waals surface area contributed by atoms with Crippen LogP contribution in [0.5, 0.6) is 0 Å². The second-order valence-corrected chi connectivity index (χ2v) is 5.91. The molecule has 18 heavy (non-hydrogen) atoms. The van der Waals surface area contributed by atoms with Gasteiger partial charge in [-0.05, 0) is 31.2 Å². The van der Waals surface area contributed by atoms with Crippen molar-refractivity contribution in [2.45, 2.75) is 6.42 Å². The molecule has 0 saturated carbocycles. The molecule has 1 aromatic carbocycles. The summed E-state index contributed by atoms with van der Waals surface area (Å²) in [5.41, 5.74) is 5.16. The molecule has 102 valence electrons. The van der Waals surface area contributed by atoms with Crippen LogP contribution in [0.4, 0.5) is 10.1 Å². The van der Waals surface area contributed by atoms with Gasteiger partial charge in [-0.25, -0.2) is 4.39 Å². The van der Waals surface area contributed by atoms with Crippen LogP contribution in [0.25, 0.3) is 0 Å². The van der Waals surface area contributed by atoms with E-state index in [9.17, 15) is 12.8 Å². The normalized spacial score (nSPS) is 11.8. The number of benzene rings is 1. The summed E-state index contributed by atoms with van der Waals surface area (Å²) in [6, 6.07) is 3.72. The molecule has 0 heterocycles. The summed E-state index contributed by atoms with van der Waals surface area (Å²) in [5.74, 6) is -0.724. The Bertz CT molecular complexity index is 510. The SMILES string of the molecule is CN(CCCN)S(=O)(=O)Nc1ccc(Cl)cc1F. The van der Waals surface area contributed by atoms with Crippen LogP contribution in [0.3, 0.4) is 0 Å². The molecule has 0 aliphatic rings. The lowest BCUT2D eigenvalue weighted by Crippen LogP contribution is -2.34. The van der Waals surface area contributed by atoms with Crippen molar-refractivity contribution in [1.82, 2.24) is 4.31 Å². The highest BCUT2D eigenvalue weighted by atomic mass is 35.5. The van der Waals surface area contributed by atoms with Crippen molar-refractivity contribution in [3.05, 3.63) is 29.0 Å². The van der Waals surface area contributed by atoms with E-state index in [1.165, 1.54) is 19.2 Å². The van der Waals surface area contributed by atoms with E-state index in [0.29, 0.717) is 13.0 Å². The minimum atomic E-state index is -3.78. The number of rotatable bonds is 6. The molecule has 0 aliphatic heterocycles. The van der Waals surface area contributed by atoms with Gasteiger partial charge in [-0.3, -0.25) is 4.72 Å². The van der Waals surface area contributed by atoms with Crippen LogP contribution in [-0.4, -0.2) is 32.9 Å². The molecule has 0 radical (unpaired) electrons. The van der Waals surface area contributed by atoms with Gasteiger partial charge < -0.3 is 5.73 Å². The Morgan fingerprint density at radius 3 is 2.72 bits per heavy atom. The number of hydrogen-bond acceptors (Lipinski definition) is 3. The molecule has 1 aromatic rings. The maximum absolute atomic E-state index is 13.4. The Labute approximate surface area is 111 Å². The van der Waals surface area contributed by atoms with Gasteiger partial charge in [-0.15, -0.1) is 0 Å². The highest BCUT2D eigenvalue weighted by Crippen LogP contribution is 2.20. The first-order valence-electron chi connectivity index (χ1n) is 5.26. The molecule has 5 nitrogen and oxygen atoms in total. The Morgan fingerprint density at radius 2 is 2.17 bits per heavy atom. The van der Waals surface area contributed by atoms with Crippen molar-refractivity contribution in [2.24, 2.45) is 5.73 Å². The summed E-state index contributed by atoms with van der Waals surface area (Å²) in [6.45, 7) is 0.649. The first kappa shape index (κ1) is 15.2. The summed E-state index contributed by atoms with van der Waals surface area (Å²) in [6.07, 6.45) is 0.528. The molecule has 0 aliphatic carbocycles. The van der Waals surface area contributed by atoms with Crippen molar-refractivity contribution in [1.29, 1.82) is 0 Å². The van der Waals surface area contributed by atoms with Crippen LogP contribution in [0.15, 0.2) is 18.2 Å². The van der Waals surface area contributed by atoms with Gasteiger partial charge in [-0.1, -0.05) is 11.6 Å². The topological polar surface area (TPSA) is 75.4 Å². The molecule has 1 rings (SSSR count). The highest BCUT2D eigenvalue weighted by molar-refractivity contribution is 7.90. The van der Waals surface area contributed by atoms with Crippen molar-refractivity contribution in [3.8, 4) is 0 Å². The lowest BCUT2D eigenvalue weighted by atomic mass is 10.3. The summed E-state index contributed by atoms with van der Waals surface area (Å²) in [7, 11) is -2.38. The van der Waals surface area contributed by atoms with Gasteiger partial charge in [-0.2, -0.15) is 12.7 Å². The smallest absolute Gasteiger partial charge is 0.301 e. The second-order valence-electron chi connectivity index (χ2n) is 3.70. The molecule has 0 saturated heterocycles. The molecular formula is C10H15ClFN3O2S. The van der Waals surface area contributed by atoms with Crippen LogP contribution in [0.2, 0.25) is 5.02 Å². The van der Waals surface area contributed by atoms with E-state index < -0.39 is 16.0 Å². The summed E-state index contributed by atoms with van der Waals surface area (Å²) in [5, 5.41) is 0.201. The number of hydrogen-bond donors (Lipinski definition) is 2. The van der Waals surface area contributed by atoms with Gasteiger partial charge >= 0.3 is 10.2 Å². The number of nitrogens with zero attached hydrogens (tertiary/aromatic N) is 1. The summed E-state index contributed by atoms with van der Waals surface area (Å²) < 4.78 is 40.3. The first-order valence-corrected chi connectivity index (χ1v) is 7.08. The minimum absolute atomic E-state index is 0.140. The average Bonchev–Trinajstić information content (AvgIpc) is 2.29. The molecular weight excluding hydrogens is 281 g/mol. The van der Waals surface area contributed by atoms with Crippen molar-refractivity contribution < 1.29 is 12.8 Å². The predicted octanol–water partition coefficient (Wildman–Crippen LogP) is 1.42. The monoisotopic (exact) mass is 295 g/mol. The van der Waals surface area contributed by atoms with E-state index in [-0.39, 0.29) is 17.3 Å². The van der Waals surface area contributed by atoms with Crippen molar-refractivity contribution in [3.63, 3.8) is 0 Å². The fraction of sp³-hybridized carbons (Fsp3) is 0.400. The quantitative estimate of drug-likeness (QED) is 0.833. The largest absolute Gasteiger partial charge is 0.330 e. The Hall–Kier alpha value is -0.890. The standard InChI is InChI=1S/C10H15ClFN3O2S/c1-15(6-2-5-13)18(16,17)14-10-4-3-8(11)7-9(10)12/h3-4,7,14H,2,5-6,13H2,1H3. The third kappa shape index (κ3) is 4.09. The molecule has 3 N–H and O–H groups in total. The number of halogens is 2. The fourth-order valence-electron chi connectivity index (χ4n) is 1.22. The van der Waals surface area contributed by atoms with Crippen LogP contribution in [0.1, 0.15) is 6.42 Å². The minimum Gasteiger partial charge on any atom is -0.330 e. The third-order valence-corrected chi connectivity index (χ3v) is 3.97. The zero-order chi connectivity index (χ0) is 13.8. The maximum Gasteiger partial charge on any atom is 0.301 e. The van der Waals surface area contributed by atoms with E-state index in [4.69, 9.17) is 17.3 Å². The van der Waals surface area contributed by atoms with E-state index in [1.807, 2.05) is 0 Å². The maximum atomic E-state index is 13.4. The molecule has 0 fully saturated rings. The predicted molar refractivity (Wildman–Crippen MR) is 70.3 cm³/mol. The molecule has 0 spiro atoms. The number of anilines is 1. The molecule has 0 bridgehead atoms. The van der Waals surface area contributed by atoms with Gasteiger partial charge in [0.05, 0.1) is 5.69 Å². The second kappa shape index (κ2) is 6.33. The Morgan fingerprint density at radius 1 is 1.50 bits per heavy atom. The lowest BCUT2D eigenvalue weighted by Gasteiger charge is -2.18. The van der Waals surface area contributed by atoms with Crippen molar-refractivity contribution in [2.75, 3.05) is 24.9 Å². The summed E-state index contributed by atoms with van der Waals surface area (Å²) in [4.78, 5) is 0. The molecule has 0 aromatic heterocycles. The molecule has 0 unspecified atom stereocenters. The van der Waals surface area contributed by atoms with E-state index >= 15 is 0 Å². The zero-order valence-electron chi connectivity index (χ0n) is 9.86. The molecule has 0 atom stereocenters. The van der Waals surface area contributed by atoms with E-state index in [2.05, 4.69) is 4.72 Å². The van der Waals surface area contributed by atoms with E-state index in [1.54, 1.807) is 0 Å². The molecule has 8 heteroatoms. The van der Waals surface area contributed by atoms with Gasteiger partial charge in [0.15, 0.2) is 0 Å². The van der Waals surface area contributed by atoms with Gasteiger partial charge in [0.25, 0.3) is 0 Å². The van der Waals surface area contributed by atoms with Crippen LogP contribution in [-0.2, 0) is 10.2 Å². The number of nitrogens with one attached hydrogen (secondary N) is 1. The van der Waals surface area contributed by atoms with Gasteiger partial charge in [0, 0.05) is 18.6 Å². The highest BCUT2D eigenvalue weighted by Gasteiger charge is 2.18. The first-order chi connectivity index (χ1) is 8.36. The summed E-state index contributed by atoms with van der Waals surface area (Å²) >= 11 is 5.58. The van der Waals surface area contributed by atoms with Crippen LogP contribution >= 0.6 is 11.6 Å². The van der Waals surface area contributed by atoms with Crippen molar-refractivity contribution >= 4 is 27.5 Å². The average molecular weight is 296 g/mol. The zero-order valence-corrected chi connectivity index (χ0v) is 11.4. The van der Waals surface area contributed by atoms with Gasteiger partial charge in [0.1, 0.15) is 5.82 Å². The Kier molecular flexibility index (Phi) is 5.33. The third-order valence-electron chi connectivity index (χ3n) is 2.26. The Balaban J connectivity index is 2.82.